The van der Waals surface area contributed by atoms with Crippen LogP contribution in [0.4, 0.5) is 5.69 Å². The summed E-state index contributed by atoms with van der Waals surface area (Å²) in [6, 6.07) is 5.11. The molecule has 20 heavy (non-hydrogen) atoms. The third kappa shape index (κ3) is 4.38. The van der Waals surface area contributed by atoms with Gasteiger partial charge in [0.15, 0.2) is 0 Å². The van der Waals surface area contributed by atoms with Crippen molar-refractivity contribution in [3.8, 4) is 0 Å². The molecular formula is C14H19NO4S. The van der Waals surface area contributed by atoms with Gasteiger partial charge in [0.05, 0.1) is 10.9 Å². The van der Waals surface area contributed by atoms with Crippen LogP contribution in [0.1, 0.15) is 31.9 Å². The number of hydrogen-bond donors (Lipinski definition) is 2. The number of anilines is 1. The third-order valence-corrected chi connectivity index (χ3v) is 4.55. The van der Waals surface area contributed by atoms with E-state index in [9.17, 15) is 13.2 Å². The summed E-state index contributed by atoms with van der Waals surface area (Å²) in [6.45, 7) is 5.13. The second-order valence-corrected chi connectivity index (χ2v) is 6.87. The highest BCUT2D eigenvalue weighted by Crippen LogP contribution is 2.21. The van der Waals surface area contributed by atoms with Crippen molar-refractivity contribution in [1.82, 2.24) is 0 Å². The van der Waals surface area contributed by atoms with E-state index in [1.165, 1.54) is 6.08 Å². The molecule has 0 saturated carbocycles. The first-order chi connectivity index (χ1) is 9.26. The van der Waals surface area contributed by atoms with Gasteiger partial charge in [0, 0.05) is 6.08 Å². The molecule has 0 spiro atoms. The van der Waals surface area contributed by atoms with Crippen LogP contribution in [0.15, 0.2) is 24.3 Å². The van der Waals surface area contributed by atoms with Crippen molar-refractivity contribution >= 4 is 27.8 Å². The molecule has 0 radical (unpaired) electrons. The molecule has 6 heteroatoms. The van der Waals surface area contributed by atoms with Crippen LogP contribution >= 0.6 is 0 Å². The number of carbonyl (C=O) groups is 1. The van der Waals surface area contributed by atoms with Crippen molar-refractivity contribution < 1.29 is 18.3 Å². The fourth-order valence-corrected chi connectivity index (χ4v) is 2.29. The molecular weight excluding hydrogens is 278 g/mol. The van der Waals surface area contributed by atoms with Gasteiger partial charge in [-0.05, 0) is 49.6 Å². The molecule has 1 rings (SSSR count). The molecule has 0 aromatic heterocycles. The summed E-state index contributed by atoms with van der Waals surface area (Å²) < 4.78 is 26.3. The molecule has 1 aromatic rings. The van der Waals surface area contributed by atoms with Gasteiger partial charge < -0.3 is 5.11 Å². The minimum absolute atomic E-state index is 0.515. The number of aryl methyl sites for hydroxylation is 1. The Bertz CT molecular complexity index is 618. The van der Waals surface area contributed by atoms with E-state index in [1.807, 2.05) is 6.92 Å². The van der Waals surface area contributed by atoms with E-state index in [0.29, 0.717) is 12.1 Å². The predicted molar refractivity (Wildman–Crippen MR) is 80.2 cm³/mol. The second kappa shape index (κ2) is 6.56. The van der Waals surface area contributed by atoms with Crippen LogP contribution in [0, 0.1) is 0 Å². The SMILES string of the molecule is CCc1cc(/C=C/C(=O)O)ccc1NS(=O)(=O)C(C)C. The molecule has 5 nitrogen and oxygen atoms in total. The topological polar surface area (TPSA) is 83.5 Å². The van der Waals surface area contributed by atoms with E-state index >= 15 is 0 Å². The Morgan fingerprint density at radius 1 is 1.40 bits per heavy atom. The van der Waals surface area contributed by atoms with Gasteiger partial charge in [0.25, 0.3) is 0 Å². The van der Waals surface area contributed by atoms with E-state index in [2.05, 4.69) is 4.72 Å². The minimum atomic E-state index is -3.38. The first-order valence-corrected chi connectivity index (χ1v) is 7.86. The average Bonchev–Trinajstić information content (AvgIpc) is 2.36. The maximum absolute atomic E-state index is 11.9. The van der Waals surface area contributed by atoms with E-state index in [1.54, 1.807) is 32.0 Å². The van der Waals surface area contributed by atoms with Crippen LogP contribution in [0.3, 0.4) is 0 Å². The van der Waals surface area contributed by atoms with Crippen LogP contribution < -0.4 is 4.72 Å². The minimum Gasteiger partial charge on any atom is -0.478 e. The van der Waals surface area contributed by atoms with Gasteiger partial charge in [-0.25, -0.2) is 13.2 Å². The summed E-state index contributed by atoms with van der Waals surface area (Å²) in [5.74, 6) is -1.02. The standard InChI is InChI=1S/C14H19NO4S/c1-4-12-9-11(6-8-14(16)17)5-7-13(12)15-20(18,19)10(2)3/h5-10,15H,4H2,1-3H3,(H,16,17)/b8-6+. The monoisotopic (exact) mass is 297 g/mol. The highest BCUT2D eigenvalue weighted by molar-refractivity contribution is 7.93. The molecule has 1 aromatic carbocycles. The van der Waals surface area contributed by atoms with Gasteiger partial charge in [-0.15, -0.1) is 0 Å². The number of carboxylic acids is 1. The highest BCUT2D eigenvalue weighted by atomic mass is 32.2. The molecule has 0 saturated heterocycles. The Morgan fingerprint density at radius 2 is 2.05 bits per heavy atom. The van der Waals surface area contributed by atoms with Gasteiger partial charge in [0.1, 0.15) is 0 Å². The average molecular weight is 297 g/mol. The zero-order chi connectivity index (χ0) is 15.3. The zero-order valence-corrected chi connectivity index (χ0v) is 12.6. The van der Waals surface area contributed by atoms with E-state index in [-0.39, 0.29) is 0 Å². The van der Waals surface area contributed by atoms with Crippen LogP contribution in [-0.2, 0) is 21.2 Å². The largest absolute Gasteiger partial charge is 0.478 e. The van der Waals surface area contributed by atoms with Crippen molar-refractivity contribution in [3.05, 3.63) is 35.4 Å². The summed E-state index contributed by atoms with van der Waals surface area (Å²) in [5.41, 5.74) is 2.08. The number of aliphatic carboxylic acids is 1. The summed E-state index contributed by atoms with van der Waals surface area (Å²) >= 11 is 0. The molecule has 2 N–H and O–H groups in total. The Kier molecular flexibility index (Phi) is 5.33. The molecule has 0 unspecified atom stereocenters. The number of benzene rings is 1. The van der Waals surface area contributed by atoms with Gasteiger partial charge in [-0.1, -0.05) is 13.0 Å². The Morgan fingerprint density at radius 3 is 2.55 bits per heavy atom. The van der Waals surface area contributed by atoms with E-state index < -0.39 is 21.2 Å². The Balaban J connectivity index is 3.09. The van der Waals surface area contributed by atoms with E-state index in [0.717, 1.165) is 17.2 Å². The van der Waals surface area contributed by atoms with Crippen molar-refractivity contribution in [1.29, 1.82) is 0 Å². The maximum Gasteiger partial charge on any atom is 0.328 e. The number of carboxylic acid groups (broad SMARTS) is 1. The lowest BCUT2D eigenvalue weighted by Gasteiger charge is -2.14. The number of hydrogen-bond acceptors (Lipinski definition) is 3. The summed E-state index contributed by atoms with van der Waals surface area (Å²) in [6.07, 6.45) is 3.17. The summed E-state index contributed by atoms with van der Waals surface area (Å²) in [4.78, 5) is 10.5. The highest BCUT2D eigenvalue weighted by Gasteiger charge is 2.16. The van der Waals surface area contributed by atoms with Crippen molar-refractivity contribution in [2.24, 2.45) is 0 Å². The smallest absolute Gasteiger partial charge is 0.328 e. The third-order valence-electron chi connectivity index (χ3n) is 2.80. The first-order valence-electron chi connectivity index (χ1n) is 6.31. The normalized spacial score (nSPS) is 12.0. The molecule has 0 fully saturated rings. The van der Waals surface area contributed by atoms with Gasteiger partial charge in [-0.3, -0.25) is 4.72 Å². The lowest BCUT2D eigenvalue weighted by Crippen LogP contribution is -2.23. The Hall–Kier alpha value is -1.82. The van der Waals surface area contributed by atoms with Crippen molar-refractivity contribution in [2.75, 3.05) is 4.72 Å². The quantitative estimate of drug-likeness (QED) is 0.790. The second-order valence-electron chi connectivity index (χ2n) is 4.64. The molecule has 0 aliphatic rings. The van der Waals surface area contributed by atoms with Crippen molar-refractivity contribution in [3.63, 3.8) is 0 Å². The van der Waals surface area contributed by atoms with Crippen LogP contribution in [-0.4, -0.2) is 24.7 Å². The van der Waals surface area contributed by atoms with Crippen molar-refractivity contribution in [2.45, 2.75) is 32.4 Å². The molecule has 0 aliphatic heterocycles. The molecule has 0 atom stereocenters. The van der Waals surface area contributed by atoms with Crippen LogP contribution in [0.2, 0.25) is 0 Å². The number of sulfonamides is 1. The summed E-state index contributed by atoms with van der Waals surface area (Å²) in [5, 5.41) is 8.08. The number of rotatable bonds is 6. The van der Waals surface area contributed by atoms with Gasteiger partial charge in [0.2, 0.25) is 10.0 Å². The fraction of sp³-hybridized carbons (Fsp3) is 0.357. The Labute approximate surface area is 119 Å². The lowest BCUT2D eigenvalue weighted by molar-refractivity contribution is -0.131. The molecule has 0 amide bonds. The molecule has 110 valence electrons. The van der Waals surface area contributed by atoms with Gasteiger partial charge >= 0.3 is 5.97 Å². The molecule has 0 bridgehead atoms. The predicted octanol–water partition coefficient (Wildman–Crippen LogP) is 2.50. The van der Waals surface area contributed by atoms with E-state index in [4.69, 9.17) is 5.11 Å². The fourth-order valence-electron chi connectivity index (χ4n) is 1.55. The first kappa shape index (κ1) is 16.2. The maximum atomic E-state index is 11.9. The van der Waals surface area contributed by atoms with Crippen LogP contribution in [0.5, 0.6) is 0 Å². The number of nitrogens with one attached hydrogen (secondary N) is 1. The zero-order valence-electron chi connectivity index (χ0n) is 11.8. The van der Waals surface area contributed by atoms with Crippen LogP contribution in [0.25, 0.3) is 6.08 Å². The molecule has 0 aliphatic carbocycles. The lowest BCUT2D eigenvalue weighted by atomic mass is 10.1. The summed E-state index contributed by atoms with van der Waals surface area (Å²) in [7, 11) is -3.38. The molecule has 0 heterocycles. The van der Waals surface area contributed by atoms with Gasteiger partial charge in [-0.2, -0.15) is 0 Å².